The minimum Gasteiger partial charge on any atom is -0.332 e. The first-order valence-electron chi connectivity index (χ1n) is 12.2. The zero-order chi connectivity index (χ0) is 45.1. The summed E-state index contributed by atoms with van der Waals surface area (Å²) in [6.45, 7) is -9.00. The van der Waals surface area contributed by atoms with E-state index in [9.17, 15) is 141 Å². The molecule has 4 amide bonds. The second-order valence-corrected chi connectivity index (χ2v) is 10.0. The lowest BCUT2D eigenvalue weighted by molar-refractivity contribution is -0.451. The number of halogens is 30. The largest absolute Gasteiger partial charge is 0.460 e. The summed E-state index contributed by atoms with van der Waals surface area (Å²) < 4.78 is 394. The molecule has 0 bridgehead atoms. The van der Waals surface area contributed by atoms with E-state index < -0.39 is 115 Å². The maximum absolute atomic E-state index is 13.7. The van der Waals surface area contributed by atoms with Crippen molar-refractivity contribution in [3.8, 4) is 0 Å². The van der Waals surface area contributed by atoms with Crippen LogP contribution in [0, 0.1) is 0 Å². The molecule has 0 rings (SSSR count). The van der Waals surface area contributed by atoms with Crippen molar-refractivity contribution >= 4 is 12.1 Å². The van der Waals surface area contributed by atoms with Crippen molar-refractivity contribution in [3.63, 3.8) is 0 Å². The Morgan fingerprint density at radius 2 is 0.455 bits per heavy atom. The molecule has 4 N–H and O–H groups in total. The molecule has 0 aromatic rings. The molecule has 6 nitrogen and oxygen atoms in total. The summed E-state index contributed by atoms with van der Waals surface area (Å²) in [5, 5.41) is 2.11. The molecule has 0 atom stereocenters. The van der Waals surface area contributed by atoms with Crippen LogP contribution in [0.4, 0.5) is 141 Å². The van der Waals surface area contributed by atoms with E-state index in [1.807, 2.05) is 0 Å². The van der Waals surface area contributed by atoms with Crippen LogP contribution >= 0.6 is 0 Å². The normalized spacial score (nSPS) is 15.8. The molecule has 0 saturated heterocycles. The van der Waals surface area contributed by atoms with E-state index in [-0.39, 0.29) is 10.6 Å². The molecule has 55 heavy (non-hydrogen) atoms. The topological polar surface area (TPSA) is 82.3 Å². The van der Waals surface area contributed by atoms with Gasteiger partial charge >= 0.3 is 95.5 Å². The number of hydrogen-bond acceptors (Lipinski definition) is 2. The molecule has 0 radical (unpaired) electrons. The molecule has 0 spiro atoms. The zero-order valence-corrected chi connectivity index (χ0v) is 24.3. The molecule has 0 aliphatic heterocycles. The molecular weight excluding hydrogens is 886 g/mol. The average molecular weight is 896 g/mol. The fraction of sp³-hybridized carbons (Fsp3) is 0.895. The SMILES string of the molecule is O=C(NCNC(=O)NCC(F)(F)C(F)(F)C(F)(F)C(F)(F)C(F)(F)C(F)(F)C(F)(F)F)NCC(F)(F)C(F)(F)C(F)(F)C(F)(F)C(F)(F)C(F)(F)C(F)(F)F. The summed E-state index contributed by atoms with van der Waals surface area (Å²) in [5.74, 6) is -98.8. The van der Waals surface area contributed by atoms with Gasteiger partial charge in [0.25, 0.3) is 0 Å². The third kappa shape index (κ3) is 7.89. The fourth-order valence-electron chi connectivity index (χ4n) is 2.93. The lowest BCUT2D eigenvalue weighted by Crippen LogP contribution is -2.73. The summed E-state index contributed by atoms with van der Waals surface area (Å²) in [6.07, 6.45) is -15.8. The van der Waals surface area contributed by atoms with E-state index in [0.29, 0.717) is 0 Å². The van der Waals surface area contributed by atoms with Gasteiger partial charge < -0.3 is 21.3 Å². The van der Waals surface area contributed by atoms with Crippen LogP contribution in [0.1, 0.15) is 0 Å². The van der Waals surface area contributed by atoms with Gasteiger partial charge in [0.2, 0.25) is 0 Å². The van der Waals surface area contributed by atoms with Gasteiger partial charge in [0.15, 0.2) is 0 Å². The van der Waals surface area contributed by atoms with Gasteiger partial charge in [-0.05, 0) is 0 Å². The minimum atomic E-state index is -8.71. The molecule has 0 aromatic heterocycles. The Morgan fingerprint density at radius 1 is 0.273 bits per heavy atom. The highest BCUT2D eigenvalue weighted by Gasteiger charge is 2.94. The summed E-state index contributed by atoms with van der Waals surface area (Å²) in [5.41, 5.74) is 0. The van der Waals surface area contributed by atoms with E-state index in [4.69, 9.17) is 0 Å². The Balaban J connectivity index is 5.73. The fourth-order valence-corrected chi connectivity index (χ4v) is 2.93. The molecule has 0 aliphatic carbocycles. The van der Waals surface area contributed by atoms with Crippen molar-refractivity contribution < 1.29 is 141 Å². The van der Waals surface area contributed by atoms with E-state index >= 15 is 0 Å². The number of nitrogens with one attached hydrogen (secondary N) is 4. The lowest BCUT2D eigenvalue weighted by atomic mass is 9.91. The van der Waals surface area contributed by atoms with Gasteiger partial charge in [0, 0.05) is 0 Å². The molecule has 0 saturated carbocycles. The van der Waals surface area contributed by atoms with Gasteiger partial charge in [-0.3, -0.25) is 0 Å². The third-order valence-electron chi connectivity index (χ3n) is 6.23. The first kappa shape index (κ1) is 51.4. The second kappa shape index (κ2) is 14.1. The first-order valence-corrected chi connectivity index (χ1v) is 12.2. The second-order valence-electron chi connectivity index (χ2n) is 10.0. The number of amides is 4. The molecule has 0 aliphatic rings. The van der Waals surface area contributed by atoms with Gasteiger partial charge in [-0.25, -0.2) is 9.59 Å². The van der Waals surface area contributed by atoms with Gasteiger partial charge in [-0.1, -0.05) is 0 Å². The van der Waals surface area contributed by atoms with Crippen LogP contribution < -0.4 is 21.3 Å². The van der Waals surface area contributed by atoms with Crippen LogP contribution in [0.2, 0.25) is 0 Å². The highest BCUT2D eigenvalue weighted by molar-refractivity contribution is 5.76. The van der Waals surface area contributed by atoms with E-state index in [1.165, 1.54) is 0 Å². The number of carbonyl (C=O) groups is 2. The van der Waals surface area contributed by atoms with E-state index in [1.54, 1.807) is 0 Å². The Hall–Kier alpha value is -3.56. The molecule has 0 heterocycles. The predicted octanol–water partition coefficient (Wildman–Crippen LogP) is 8.29. The van der Waals surface area contributed by atoms with Crippen molar-refractivity contribution in [2.75, 3.05) is 19.8 Å². The Bertz CT molecular complexity index is 1280. The molecule has 0 unspecified atom stereocenters. The summed E-state index contributed by atoms with van der Waals surface area (Å²) in [6, 6.07) is -5.23. The lowest BCUT2D eigenvalue weighted by Gasteiger charge is -2.41. The average Bonchev–Trinajstić information content (AvgIpc) is 2.96. The number of hydrogen-bond donors (Lipinski definition) is 4. The number of carbonyl (C=O) groups excluding carboxylic acids is 2. The minimum absolute atomic E-state index is 0.254. The molecule has 328 valence electrons. The zero-order valence-electron chi connectivity index (χ0n) is 24.3. The van der Waals surface area contributed by atoms with Gasteiger partial charge in [-0.2, -0.15) is 132 Å². The van der Waals surface area contributed by atoms with E-state index in [0.717, 1.165) is 10.6 Å². The third-order valence-corrected chi connectivity index (χ3v) is 6.23. The predicted molar refractivity (Wildman–Crippen MR) is 109 cm³/mol. The van der Waals surface area contributed by atoms with Gasteiger partial charge in [0.1, 0.15) is 0 Å². The van der Waals surface area contributed by atoms with Crippen molar-refractivity contribution in [1.29, 1.82) is 0 Å². The van der Waals surface area contributed by atoms with Crippen molar-refractivity contribution in [2.45, 2.75) is 83.4 Å². The standard InChI is InChI=1S/C19H10F30N4O2/c20-6(21,8(24,25)10(28,29)12(32,33)14(36,37)16(40,41)18(44,45)46)1-50-4(54)52-3-53-5(55)51-2-7(22,23)9(26,27)11(30,31)13(34,35)15(38,39)17(42,43)19(47,48)49/h1-3H2,(H2,50,52,54)(H2,51,53,55). The highest BCUT2D eigenvalue weighted by Crippen LogP contribution is 2.64. The van der Waals surface area contributed by atoms with Crippen LogP contribution in [-0.2, 0) is 0 Å². The smallest absolute Gasteiger partial charge is 0.332 e. The van der Waals surface area contributed by atoms with Gasteiger partial charge in [0.05, 0.1) is 19.8 Å². The summed E-state index contributed by atoms with van der Waals surface area (Å²) >= 11 is 0. The first-order chi connectivity index (χ1) is 23.5. The Morgan fingerprint density at radius 3 is 0.655 bits per heavy atom. The number of urea groups is 2. The van der Waals surface area contributed by atoms with Gasteiger partial charge in [-0.15, -0.1) is 0 Å². The van der Waals surface area contributed by atoms with Crippen LogP contribution in [0.25, 0.3) is 0 Å². The van der Waals surface area contributed by atoms with Crippen LogP contribution in [0.15, 0.2) is 0 Å². The number of alkyl halides is 30. The molecular formula is C19H10F30N4O2. The maximum Gasteiger partial charge on any atom is 0.460 e. The van der Waals surface area contributed by atoms with Crippen LogP contribution in [0.3, 0.4) is 0 Å². The Labute approximate surface area is 279 Å². The summed E-state index contributed by atoms with van der Waals surface area (Å²) in [7, 11) is 0. The maximum atomic E-state index is 13.7. The molecule has 0 aromatic carbocycles. The van der Waals surface area contributed by atoms with Crippen LogP contribution in [-0.4, -0.2) is 115 Å². The number of rotatable bonds is 16. The summed E-state index contributed by atoms with van der Waals surface area (Å²) in [4.78, 5) is 22.6. The van der Waals surface area contributed by atoms with Crippen molar-refractivity contribution in [2.24, 2.45) is 0 Å². The monoisotopic (exact) mass is 896 g/mol. The molecule has 36 heteroatoms. The van der Waals surface area contributed by atoms with Crippen LogP contribution in [0.5, 0.6) is 0 Å². The molecule has 0 fully saturated rings. The Kier molecular flexibility index (Phi) is 13.2. The quantitative estimate of drug-likeness (QED) is 0.0930. The van der Waals surface area contributed by atoms with E-state index in [2.05, 4.69) is 0 Å². The van der Waals surface area contributed by atoms with Crippen molar-refractivity contribution in [3.05, 3.63) is 0 Å². The van der Waals surface area contributed by atoms with Crippen molar-refractivity contribution in [1.82, 2.24) is 21.3 Å². The highest BCUT2D eigenvalue weighted by atomic mass is 19.4.